The van der Waals surface area contributed by atoms with Crippen molar-refractivity contribution in [1.82, 2.24) is 0 Å². The van der Waals surface area contributed by atoms with Crippen LogP contribution in [0.25, 0.3) is 0 Å². The van der Waals surface area contributed by atoms with E-state index in [9.17, 15) is 13.2 Å². The Balaban J connectivity index is 3.01. The Bertz CT molecular complexity index is 311. The van der Waals surface area contributed by atoms with Crippen LogP contribution in [0.4, 0.5) is 13.2 Å². The molecule has 1 rings (SSSR count). The fourth-order valence-electron chi connectivity index (χ4n) is 0.992. The average Bonchev–Trinajstić information content (AvgIpc) is 2.15. The fourth-order valence-corrected chi connectivity index (χ4v) is 1.28. The lowest BCUT2D eigenvalue weighted by Crippen LogP contribution is -2.05. The molecule has 0 saturated carbocycles. The van der Waals surface area contributed by atoms with Gasteiger partial charge in [0.25, 0.3) is 0 Å². The SMILES string of the molecule is COC(Br)c1cccc(C(F)(F)F)c1. The van der Waals surface area contributed by atoms with Gasteiger partial charge >= 0.3 is 6.18 Å². The van der Waals surface area contributed by atoms with Crippen molar-refractivity contribution < 1.29 is 17.9 Å². The predicted molar refractivity (Wildman–Crippen MR) is 50.1 cm³/mol. The van der Waals surface area contributed by atoms with Gasteiger partial charge in [0, 0.05) is 7.11 Å². The number of hydrogen-bond acceptors (Lipinski definition) is 1. The van der Waals surface area contributed by atoms with Gasteiger partial charge in [-0.2, -0.15) is 13.2 Å². The molecule has 0 aromatic heterocycles. The lowest BCUT2D eigenvalue weighted by atomic mass is 10.1. The molecule has 0 saturated heterocycles. The molecule has 0 amide bonds. The number of ether oxygens (including phenoxy) is 1. The summed E-state index contributed by atoms with van der Waals surface area (Å²) in [7, 11) is 1.42. The smallest absolute Gasteiger partial charge is 0.365 e. The van der Waals surface area contributed by atoms with Gasteiger partial charge in [0.1, 0.15) is 5.01 Å². The lowest BCUT2D eigenvalue weighted by Gasteiger charge is -2.11. The maximum absolute atomic E-state index is 12.3. The van der Waals surface area contributed by atoms with Gasteiger partial charge in [0.05, 0.1) is 5.56 Å². The maximum Gasteiger partial charge on any atom is 0.416 e. The van der Waals surface area contributed by atoms with Crippen LogP contribution in [0, 0.1) is 0 Å². The Kier molecular flexibility index (Phi) is 3.55. The molecule has 1 unspecified atom stereocenters. The molecule has 0 fully saturated rings. The minimum Gasteiger partial charge on any atom is -0.365 e. The molecule has 0 N–H and O–H groups in total. The zero-order valence-corrected chi connectivity index (χ0v) is 8.89. The van der Waals surface area contributed by atoms with E-state index in [1.807, 2.05) is 0 Å². The van der Waals surface area contributed by atoms with Gasteiger partial charge < -0.3 is 4.74 Å². The zero-order chi connectivity index (χ0) is 10.8. The van der Waals surface area contributed by atoms with E-state index in [0.29, 0.717) is 5.56 Å². The number of methoxy groups -OCH3 is 1. The number of rotatable bonds is 2. The van der Waals surface area contributed by atoms with Crippen LogP contribution < -0.4 is 0 Å². The second-order valence-corrected chi connectivity index (χ2v) is 3.51. The van der Waals surface area contributed by atoms with E-state index in [0.717, 1.165) is 12.1 Å². The molecule has 5 heteroatoms. The first-order valence-electron chi connectivity index (χ1n) is 3.79. The summed E-state index contributed by atoms with van der Waals surface area (Å²) < 4.78 is 41.7. The van der Waals surface area contributed by atoms with Crippen LogP contribution >= 0.6 is 15.9 Å². The Morgan fingerprint density at radius 3 is 2.50 bits per heavy atom. The highest BCUT2D eigenvalue weighted by atomic mass is 79.9. The fraction of sp³-hybridized carbons (Fsp3) is 0.333. The van der Waals surface area contributed by atoms with Crippen molar-refractivity contribution in [2.24, 2.45) is 0 Å². The minimum absolute atomic E-state index is 0.447. The maximum atomic E-state index is 12.3. The van der Waals surface area contributed by atoms with Crippen molar-refractivity contribution in [2.45, 2.75) is 11.2 Å². The summed E-state index contributed by atoms with van der Waals surface area (Å²) >= 11 is 3.10. The minimum atomic E-state index is -4.31. The normalized spacial score (nSPS) is 14.1. The van der Waals surface area contributed by atoms with Gasteiger partial charge in [0.2, 0.25) is 0 Å². The second-order valence-electron chi connectivity index (χ2n) is 2.67. The zero-order valence-electron chi connectivity index (χ0n) is 7.31. The predicted octanol–water partition coefficient (Wildman–Crippen LogP) is 3.75. The molecule has 0 aliphatic rings. The third-order valence-corrected chi connectivity index (χ3v) is 2.59. The highest BCUT2D eigenvalue weighted by Crippen LogP contribution is 2.32. The first-order valence-corrected chi connectivity index (χ1v) is 4.70. The van der Waals surface area contributed by atoms with E-state index in [1.54, 1.807) is 6.07 Å². The summed E-state index contributed by atoms with van der Waals surface area (Å²) in [5.41, 5.74) is -0.223. The van der Waals surface area contributed by atoms with Crippen LogP contribution in [0.2, 0.25) is 0 Å². The Morgan fingerprint density at radius 2 is 2.00 bits per heavy atom. The summed E-state index contributed by atoms with van der Waals surface area (Å²) in [4.78, 5) is 0. The van der Waals surface area contributed by atoms with Gasteiger partial charge in [-0.25, -0.2) is 0 Å². The Labute approximate surface area is 88.0 Å². The van der Waals surface area contributed by atoms with Gasteiger partial charge in [-0.3, -0.25) is 0 Å². The summed E-state index contributed by atoms with van der Waals surface area (Å²) in [5, 5.41) is -0.509. The van der Waals surface area contributed by atoms with E-state index < -0.39 is 16.8 Å². The van der Waals surface area contributed by atoms with Gasteiger partial charge in [-0.05, 0) is 17.7 Å². The first-order chi connectivity index (χ1) is 6.45. The van der Waals surface area contributed by atoms with Crippen LogP contribution in [-0.4, -0.2) is 7.11 Å². The standard InChI is InChI=1S/C9H8BrF3O/c1-14-8(10)6-3-2-4-7(5-6)9(11,12)13/h2-5,8H,1H3. The van der Waals surface area contributed by atoms with E-state index >= 15 is 0 Å². The third kappa shape index (κ3) is 2.72. The molecule has 78 valence electrons. The van der Waals surface area contributed by atoms with Gasteiger partial charge in [-0.1, -0.05) is 28.1 Å². The van der Waals surface area contributed by atoms with Crippen LogP contribution in [0.3, 0.4) is 0 Å². The first kappa shape index (κ1) is 11.5. The number of alkyl halides is 4. The molecule has 1 atom stereocenters. The molecule has 0 spiro atoms. The number of halogens is 4. The molecule has 0 aliphatic carbocycles. The largest absolute Gasteiger partial charge is 0.416 e. The van der Waals surface area contributed by atoms with Crippen molar-refractivity contribution >= 4 is 15.9 Å². The van der Waals surface area contributed by atoms with E-state index in [-0.39, 0.29) is 0 Å². The molecular weight excluding hydrogens is 261 g/mol. The van der Waals surface area contributed by atoms with Crippen LogP contribution in [-0.2, 0) is 10.9 Å². The summed E-state index contributed by atoms with van der Waals surface area (Å²) in [6.07, 6.45) is -4.31. The van der Waals surface area contributed by atoms with E-state index in [1.165, 1.54) is 13.2 Å². The van der Waals surface area contributed by atoms with Crippen molar-refractivity contribution in [3.05, 3.63) is 35.4 Å². The molecule has 1 aromatic carbocycles. The molecule has 0 heterocycles. The van der Waals surface area contributed by atoms with Crippen LogP contribution in [0.15, 0.2) is 24.3 Å². The summed E-state index contributed by atoms with van der Waals surface area (Å²) in [6.45, 7) is 0. The topological polar surface area (TPSA) is 9.23 Å². The van der Waals surface area contributed by atoms with Crippen molar-refractivity contribution in [2.75, 3.05) is 7.11 Å². The van der Waals surface area contributed by atoms with Crippen molar-refractivity contribution in [1.29, 1.82) is 0 Å². The second kappa shape index (κ2) is 4.31. The summed E-state index contributed by atoms with van der Waals surface area (Å²) in [6, 6.07) is 5.01. The van der Waals surface area contributed by atoms with E-state index in [2.05, 4.69) is 15.9 Å². The molecule has 0 aliphatic heterocycles. The van der Waals surface area contributed by atoms with E-state index in [4.69, 9.17) is 4.74 Å². The van der Waals surface area contributed by atoms with Gasteiger partial charge in [-0.15, -0.1) is 0 Å². The average molecular weight is 269 g/mol. The molecular formula is C9H8BrF3O. The van der Waals surface area contributed by atoms with Crippen molar-refractivity contribution in [3.63, 3.8) is 0 Å². The quantitative estimate of drug-likeness (QED) is 0.743. The molecule has 14 heavy (non-hydrogen) atoms. The summed E-state index contributed by atoms with van der Waals surface area (Å²) in [5.74, 6) is 0. The molecule has 0 radical (unpaired) electrons. The van der Waals surface area contributed by atoms with Gasteiger partial charge in [0.15, 0.2) is 0 Å². The molecule has 0 bridgehead atoms. The Hall–Kier alpha value is -0.550. The monoisotopic (exact) mass is 268 g/mol. The van der Waals surface area contributed by atoms with Crippen LogP contribution in [0.1, 0.15) is 16.1 Å². The van der Waals surface area contributed by atoms with Crippen molar-refractivity contribution in [3.8, 4) is 0 Å². The number of benzene rings is 1. The molecule has 1 aromatic rings. The molecule has 1 nitrogen and oxygen atoms in total. The Morgan fingerprint density at radius 1 is 1.36 bits per heavy atom. The lowest BCUT2D eigenvalue weighted by molar-refractivity contribution is -0.137. The highest BCUT2D eigenvalue weighted by molar-refractivity contribution is 9.09. The third-order valence-electron chi connectivity index (χ3n) is 1.68. The van der Waals surface area contributed by atoms with Crippen LogP contribution in [0.5, 0.6) is 0 Å². The number of hydrogen-bond donors (Lipinski definition) is 0. The highest BCUT2D eigenvalue weighted by Gasteiger charge is 2.30.